The molecule has 0 amide bonds. The van der Waals surface area contributed by atoms with Crippen molar-refractivity contribution in [3.05, 3.63) is 205 Å². The number of rotatable bonds is 7. The first-order chi connectivity index (χ1) is 28.2. The van der Waals surface area contributed by atoms with E-state index in [1.54, 1.807) is 6.21 Å². The molecule has 270 valence electrons. The highest BCUT2D eigenvalue weighted by atomic mass is 32.1. The number of anilines is 2. The maximum absolute atomic E-state index is 8.91. The molecule has 0 saturated heterocycles. The van der Waals surface area contributed by atoms with Crippen molar-refractivity contribution in [3.8, 4) is 22.3 Å². The van der Waals surface area contributed by atoms with Gasteiger partial charge in [-0.2, -0.15) is 0 Å². The Hall–Kier alpha value is -7.41. The average Bonchev–Trinajstić information content (AvgIpc) is 3.86. The Morgan fingerprint density at radius 3 is 2.05 bits per heavy atom. The number of nitrogens with one attached hydrogen (secondary N) is 2. The fourth-order valence-corrected chi connectivity index (χ4v) is 8.88. The number of amidine groups is 2. The predicted octanol–water partition coefficient (Wildman–Crippen LogP) is 13.9. The predicted molar refractivity (Wildman–Crippen MR) is 241 cm³/mol. The van der Waals surface area contributed by atoms with Gasteiger partial charge in [0.1, 0.15) is 11.2 Å². The van der Waals surface area contributed by atoms with Gasteiger partial charge in [-0.1, -0.05) is 158 Å². The van der Waals surface area contributed by atoms with Crippen molar-refractivity contribution in [2.24, 2.45) is 9.98 Å². The quantitative estimate of drug-likeness (QED) is 0.126. The number of hydrogen-bond acceptors (Lipinski definition) is 4. The Labute approximate surface area is 333 Å². The molecular formula is C51H34N4OS. The van der Waals surface area contributed by atoms with Crippen LogP contribution < -0.4 is 5.32 Å². The Morgan fingerprint density at radius 1 is 0.561 bits per heavy atom. The molecular weight excluding hydrogens is 717 g/mol. The summed E-state index contributed by atoms with van der Waals surface area (Å²) in [5.74, 6) is 0.526. The summed E-state index contributed by atoms with van der Waals surface area (Å²) >= 11 is 1.81. The molecule has 0 aliphatic rings. The number of hydrogen-bond donors (Lipinski definition) is 2. The first kappa shape index (κ1) is 34.1. The molecule has 6 heteroatoms. The fourth-order valence-electron chi connectivity index (χ4n) is 7.62. The molecule has 2 heterocycles. The maximum Gasteiger partial charge on any atom is 0.165 e. The van der Waals surface area contributed by atoms with Gasteiger partial charge in [-0.3, -0.25) is 5.41 Å². The number of aliphatic imine (C=N–C) groups is 2. The van der Waals surface area contributed by atoms with E-state index in [1.807, 2.05) is 96.3 Å². The lowest BCUT2D eigenvalue weighted by atomic mass is 9.97. The van der Waals surface area contributed by atoms with E-state index in [1.165, 1.54) is 25.7 Å². The van der Waals surface area contributed by atoms with Gasteiger partial charge < -0.3 is 9.73 Å². The molecule has 0 fully saturated rings. The van der Waals surface area contributed by atoms with E-state index in [4.69, 9.17) is 19.8 Å². The summed E-state index contributed by atoms with van der Waals surface area (Å²) in [6.45, 7) is 0. The summed E-state index contributed by atoms with van der Waals surface area (Å²) in [5, 5.41) is 17.1. The van der Waals surface area contributed by atoms with Gasteiger partial charge in [-0.15, -0.1) is 11.3 Å². The zero-order valence-corrected chi connectivity index (χ0v) is 31.5. The third kappa shape index (κ3) is 6.38. The molecule has 0 aliphatic heterocycles. The number of nitrogens with zero attached hydrogens (tertiary/aromatic N) is 2. The van der Waals surface area contributed by atoms with Crippen LogP contribution in [0.1, 0.15) is 16.7 Å². The van der Waals surface area contributed by atoms with Crippen molar-refractivity contribution in [3.63, 3.8) is 0 Å². The summed E-state index contributed by atoms with van der Waals surface area (Å²) in [6, 6.07) is 63.9. The normalized spacial score (nSPS) is 12.0. The molecule has 0 radical (unpaired) electrons. The zero-order valence-electron chi connectivity index (χ0n) is 30.7. The number of furan rings is 1. The minimum absolute atomic E-state index is 0.124. The highest BCUT2D eigenvalue weighted by Crippen LogP contribution is 2.46. The van der Waals surface area contributed by atoms with Crippen LogP contribution in [0, 0.1) is 5.41 Å². The van der Waals surface area contributed by atoms with Gasteiger partial charge in [0.25, 0.3) is 0 Å². The third-order valence-corrected chi connectivity index (χ3v) is 11.5. The first-order valence-corrected chi connectivity index (χ1v) is 19.6. The second kappa shape index (κ2) is 14.7. The number of thiophene rings is 1. The van der Waals surface area contributed by atoms with Crippen LogP contribution in [-0.2, 0) is 0 Å². The van der Waals surface area contributed by atoms with Crippen LogP contribution in [0.5, 0.6) is 0 Å². The van der Waals surface area contributed by atoms with E-state index < -0.39 is 0 Å². The Morgan fingerprint density at radius 2 is 1.21 bits per heavy atom. The van der Waals surface area contributed by atoms with Crippen molar-refractivity contribution in [1.29, 1.82) is 5.41 Å². The first-order valence-electron chi connectivity index (χ1n) is 18.8. The SMILES string of the molecule is N=C(/N=C(\N=C\c1ccccc1)c1cccc2c1oc1cccc(-c3cccc4c3sc3cccc(Nc5ccccc5-c5ccccc5)c34)c12)c1ccccc1. The van der Waals surface area contributed by atoms with Crippen LogP contribution in [-0.4, -0.2) is 17.9 Å². The molecule has 0 bridgehead atoms. The summed E-state index contributed by atoms with van der Waals surface area (Å²) in [6.07, 6.45) is 1.79. The molecule has 8 aromatic carbocycles. The molecule has 0 atom stereocenters. The van der Waals surface area contributed by atoms with Gasteiger partial charge in [0.05, 0.1) is 5.56 Å². The standard InChI is InChI=1S/C51H34N4OS/c52-50(35-20-8-3-9-21-35)55-51(53-32-33-16-4-1-5-17-33)41-27-13-25-39-46-37(23-14-30-44(46)56-48(39)41)38-24-12-26-40-47-43(29-15-31-45(47)57-49(38)40)54-42-28-11-10-22-36(42)34-18-6-2-7-19-34/h1-32,52,54H/b52-50?,53-32+,55-51-. The van der Waals surface area contributed by atoms with E-state index in [9.17, 15) is 0 Å². The third-order valence-electron chi connectivity index (χ3n) is 10.3. The molecule has 2 aromatic heterocycles. The summed E-state index contributed by atoms with van der Waals surface area (Å²) in [7, 11) is 0. The van der Waals surface area contributed by atoms with Crippen molar-refractivity contribution < 1.29 is 4.42 Å². The molecule has 10 rings (SSSR count). The van der Waals surface area contributed by atoms with Crippen LogP contribution in [0.25, 0.3) is 64.4 Å². The molecule has 0 aliphatic carbocycles. The van der Waals surface area contributed by atoms with Crippen molar-refractivity contribution in [1.82, 2.24) is 0 Å². The van der Waals surface area contributed by atoms with E-state index >= 15 is 0 Å². The van der Waals surface area contributed by atoms with Gasteiger partial charge in [0.2, 0.25) is 0 Å². The molecule has 10 aromatic rings. The molecule has 0 unspecified atom stereocenters. The van der Waals surface area contributed by atoms with E-state index in [2.05, 4.69) is 108 Å². The number of fused-ring (bicyclic) bond motifs is 6. The molecule has 0 saturated carbocycles. The lowest BCUT2D eigenvalue weighted by molar-refractivity contribution is 0.668. The van der Waals surface area contributed by atoms with Crippen molar-refractivity contribution in [2.45, 2.75) is 0 Å². The van der Waals surface area contributed by atoms with Crippen LogP contribution in [0.2, 0.25) is 0 Å². The van der Waals surface area contributed by atoms with E-state index in [-0.39, 0.29) is 5.84 Å². The lowest BCUT2D eigenvalue weighted by Gasteiger charge is -2.13. The summed E-state index contributed by atoms with van der Waals surface area (Å²) in [4.78, 5) is 9.67. The average molecular weight is 751 g/mol. The Balaban J connectivity index is 1.11. The van der Waals surface area contributed by atoms with E-state index in [0.29, 0.717) is 22.5 Å². The van der Waals surface area contributed by atoms with Gasteiger partial charge in [-0.25, -0.2) is 9.98 Å². The topological polar surface area (TPSA) is 73.7 Å². The smallest absolute Gasteiger partial charge is 0.165 e. The van der Waals surface area contributed by atoms with Crippen LogP contribution in [0.15, 0.2) is 202 Å². The highest BCUT2D eigenvalue weighted by Gasteiger charge is 2.21. The molecule has 2 N–H and O–H groups in total. The van der Waals surface area contributed by atoms with Crippen molar-refractivity contribution >= 4 is 82.7 Å². The molecule has 0 spiro atoms. The van der Waals surface area contributed by atoms with Crippen LogP contribution in [0.3, 0.4) is 0 Å². The second-order valence-corrected chi connectivity index (χ2v) is 14.8. The number of para-hydroxylation sites is 2. The lowest BCUT2D eigenvalue weighted by Crippen LogP contribution is -2.05. The van der Waals surface area contributed by atoms with Crippen LogP contribution in [0.4, 0.5) is 11.4 Å². The maximum atomic E-state index is 8.91. The van der Waals surface area contributed by atoms with Crippen LogP contribution >= 0.6 is 11.3 Å². The minimum atomic E-state index is 0.124. The van der Waals surface area contributed by atoms with Gasteiger partial charge in [0.15, 0.2) is 11.7 Å². The summed E-state index contributed by atoms with van der Waals surface area (Å²) < 4.78 is 9.16. The fraction of sp³-hybridized carbons (Fsp3) is 0. The second-order valence-electron chi connectivity index (χ2n) is 13.8. The Kier molecular flexibility index (Phi) is 8.78. The number of benzene rings is 8. The largest absolute Gasteiger partial charge is 0.455 e. The minimum Gasteiger partial charge on any atom is -0.455 e. The monoisotopic (exact) mass is 750 g/mol. The molecule has 5 nitrogen and oxygen atoms in total. The summed E-state index contributed by atoms with van der Waals surface area (Å²) in [5.41, 5.74) is 10.5. The van der Waals surface area contributed by atoms with Gasteiger partial charge in [-0.05, 0) is 47.0 Å². The van der Waals surface area contributed by atoms with Gasteiger partial charge in [0, 0.05) is 65.2 Å². The highest BCUT2D eigenvalue weighted by molar-refractivity contribution is 7.26. The van der Waals surface area contributed by atoms with E-state index in [0.717, 1.165) is 50.0 Å². The van der Waals surface area contributed by atoms with Gasteiger partial charge >= 0.3 is 0 Å². The zero-order chi connectivity index (χ0) is 38.1. The van der Waals surface area contributed by atoms with Crippen molar-refractivity contribution in [2.75, 3.05) is 5.32 Å². The Bertz CT molecular complexity index is 3160. The molecule has 57 heavy (non-hydrogen) atoms.